The third-order valence-electron chi connectivity index (χ3n) is 2.56. The van der Waals surface area contributed by atoms with Crippen molar-refractivity contribution in [1.82, 2.24) is 0 Å². The fraction of sp³-hybridized carbons (Fsp3) is 0.875. The first-order chi connectivity index (χ1) is 9.55. The van der Waals surface area contributed by atoms with Crippen molar-refractivity contribution in [2.45, 2.75) is 54.4 Å². The van der Waals surface area contributed by atoms with Crippen LogP contribution in [0, 0.1) is 10.8 Å². The molecule has 0 aromatic rings. The summed E-state index contributed by atoms with van der Waals surface area (Å²) in [6.07, 6.45) is 1.71. The van der Waals surface area contributed by atoms with Crippen molar-refractivity contribution in [2.24, 2.45) is 10.8 Å². The molecule has 0 spiro atoms. The molecule has 0 radical (unpaired) electrons. The summed E-state index contributed by atoms with van der Waals surface area (Å²) in [6.45, 7) is 12.0. The number of thioether (sulfide) groups is 1. The van der Waals surface area contributed by atoms with E-state index in [0.717, 1.165) is 24.3 Å². The Morgan fingerprint density at radius 3 is 1.38 bits per heavy atom. The van der Waals surface area contributed by atoms with Gasteiger partial charge in [-0.25, -0.2) is 0 Å². The van der Waals surface area contributed by atoms with Gasteiger partial charge in [-0.2, -0.15) is 11.8 Å². The Labute approximate surface area is 133 Å². The van der Waals surface area contributed by atoms with Gasteiger partial charge in [0.2, 0.25) is 0 Å². The van der Waals surface area contributed by atoms with Crippen molar-refractivity contribution in [3.8, 4) is 0 Å². The van der Waals surface area contributed by atoms with Gasteiger partial charge >= 0.3 is 11.9 Å². The van der Waals surface area contributed by atoms with Crippen molar-refractivity contribution in [3.63, 3.8) is 0 Å². The van der Waals surface area contributed by atoms with Gasteiger partial charge in [0.05, 0.1) is 24.0 Å². The van der Waals surface area contributed by atoms with Crippen LogP contribution in [-0.4, -0.2) is 36.7 Å². The quantitative estimate of drug-likeness (QED) is 0.505. The average Bonchev–Trinajstić information content (AvgIpc) is 2.33. The minimum Gasteiger partial charge on any atom is -0.465 e. The largest absolute Gasteiger partial charge is 0.465 e. The van der Waals surface area contributed by atoms with Crippen LogP contribution in [0.1, 0.15) is 54.4 Å². The fourth-order valence-corrected chi connectivity index (χ4v) is 2.03. The van der Waals surface area contributed by atoms with Gasteiger partial charge in [0, 0.05) is 0 Å². The first-order valence-corrected chi connectivity index (χ1v) is 8.63. The SMILES string of the molecule is CC(C)(C)C(=O)OCCCSCCCOC(=O)C(C)(C)C. The summed E-state index contributed by atoms with van der Waals surface area (Å²) in [4.78, 5) is 23.0. The molecule has 0 N–H and O–H groups in total. The number of rotatable bonds is 8. The van der Waals surface area contributed by atoms with Gasteiger partial charge < -0.3 is 9.47 Å². The molecule has 0 amide bonds. The van der Waals surface area contributed by atoms with Crippen molar-refractivity contribution in [3.05, 3.63) is 0 Å². The van der Waals surface area contributed by atoms with Gasteiger partial charge in [-0.05, 0) is 65.9 Å². The summed E-state index contributed by atoms with van der Waals surface area (Å²) in [6, 6.07) is 0. The van der Waals surface area contributed by atoms with E-state index in [1.54, 1.807) is 11.8 Å². The van der Waals surface area contributed by atoms with Gasteiger partial charge in [-0.15, -0.1) is 0 Å². The van der Waals surface area contributed by atoms with E-state index in [0.29, 0.717) is 13.2 Å². The van der Waals surface area contributed by atoms with Gasteiger partial charge in [0.15, 0.2) is 0 Å². The van der Waals surface area contributed by atoms with Gasteiger partial charge in [-0.3, -0.25) is 9.59 Å². The molecule has 0 fully saturated rings. The highest BCUT2D eigenvalue weighted by molar-refractivity contribution is 7.99. The maximum absolute atomic E-state index is 11.5. The smallest absolute Gasteiger partial charge is 0.311 e. The van der Waals surface area contributed by atoms with E-state index >= 15 is 0 Å². The van der Waals surface area contributed by atoms with Crippen LogP contribution in [0.4, 0.5) is 0 Å². The van der Waals surface area contributed by atoms with Gasteiger partial charge in [0.1, 0.15) is 0 Å². The molecule has 0 aliphatic heterocycles. The molecule has 0 aromatic carbocycles. The van der Waals surface area contributed by atoms with E-state index in [1.807, 2.05) is 41.5 Å². The lowest BCUT2D eigenvalue weighted by atomic mass is 9.97. The lowest BCUT2D eigenvalue weighted by molar-refractivity contribution is -0.153. The zero-order chi connectivity index (χ0) is 16.5. The van der Waals surface area contributed by atoms with Gasteiger partial charge in [0.25, 0.3) is 0 Å². The molecule has 21 heavy (non-hydrogen) atoms. The molecule has 5 heteroatoms. The van der Waals surface area contributed by atoms with E-state index < -0.39 is 10.8 Å². The third kappa shape index (κ3) is 10.6. The number of esters is 2. The molecule has 0 saturated heterocycles. The van der Waals surface area contributed by atoms with Crippen LogP contribution in [0.5, 0.6) is 0 Å². The molecular formula is C16H30O4S. The average molecular weight is 318 g/mol. The van der Waals surface area contributed by atoms with Crippen LogP contribution in [0.15, 0.2) is 0 Å². The molecule has 0 bridgehead atoms. The Kier molecular flexibility index (Phi) is 9.02. The summed E-state index contributed by atoms with van der Waals surface area (Å²) >= 11 is 1.79. The van der Waals surface area contributed by atoms with Crippen LogP contribution in [0.3, 0.4) is 0 Å². The Hall–Kier alpha value is -0.710. The van der Waals surface area contributed by atoms with E-state index in [4.69, 9.17) is 9.47 Å². The van der Waals surface area contributed by atoms with Crippen molar-refractivity contribution in [2.75, 3.05) is 24.7 Å². The van der Waals surface area contributed by atoms with Crippen molar-refractivity contribution < 1.29 is 19.1 Å². The normalized spacial score (nSPS) is 12.1. The second kappa shape index (κ2) is 9.34. The maximum Gasteiger partial charge on any atom is 0.311 e. The van der Waals surface area contributed by atoms with Crippen LogP contribution in [0.2, 0.25) is 0 Å². The Balaban J connectivity index is 3.42. The zero-order valence-electron chi connectivity index (χ0n) is 14.3. The van der Waals surface area contributed by atoms with E-state index in [1.165, 1.54) is 0 Å². The molecule has 4 nitrogen and oxygen atoms in total. The Morgan fingerprint density at radius 2 is 1.10 bits per heavy atom. The second-order valence-corrected chi connectivity index (χ2v) is 8.32. The summed E-state index contributed by atoms with van der Waals surface area (Å²) < 4.78 is 10.4. The second-order valence-electron chi connectivity index (χ2n) is 7.09. The summed E-state index contributed by atoms with van der Waals surface area (Å²) in [7, 11) is 0. The van der Waals surface area contributed by atoms with E-state index in [-0.39, 0.29) is 11.9 Å². The molecular weight excluding hydrogens is 288 g/mol. The minimum absolute atomic E-state index is 0.151. The number of hydrogen-bond acceptors (Lipinski definition) is 5. The maximum atomic E-state index is 11.5. The molecule has 0 aromatic heterocycles. The van der Waals surface area contributed by atoms with Crippen molar-refractivity contribution >= 4 is 23.7 Å². The highest BCUT2D eigenvalue weighted by atomic mass is 32.2. The number of hydrogen-bond donors (Lipinski definition) is 0. The molecule has 0 rings (SSSR count). The van der Waals surface area contributed by atoms with E-state index in [2.05, 4.69) is 0 Å². The van der Waals surface area contributed by atoms with E-state index in [9.17, 15) is 9.59 Å². The molecule has 124 valence electrons. The molecule has 0 aliphatic carbocycles. The fourth-order valence-electron chi connectivity index (χ4n) is 1.19. The first-order valence-electron chi connectivity index (χ1n) is 7.47. The third-order valence-corrected chi connectivity index (χ3v) is 3.71. The topological polar surface area (TPSA) is 52.6 Å². The zero-order valence-corrected chi connectivity index (χ0v) is 15.1. The number of carbonyl (C=O) groups excluding carboxylic acids is 2. The summed E-state index contributed by atoms with van der Waals surface area (Å²) in [5.41, 5.74) is -0.853. The highest BCUT2D eigenvalue weighted by Gasteiger charge is 2.23. The standard InChI is InChI=1S/C16H30O4S/c1-15(2,3)13(17)19-9-7-11-21-12-8-10-20-14(18)16(4,5)6/h7-12H2,1-6H3. The van der Waals surface area contributed by atoms with Crippen LogP contribution in [-0.2, 0) is 19.1 Å². The monoisotopic (exact) mass is 318 g/mol. The molecule has 0 aliphatic rings. The minimum atomic E-state index is -0.427. The summed E-state index contributed by atoms with van der Waals surface area (Å²) in [5.74, 6) is 1.60. The number of ether oxygens (including phenoxy) is 2. The molecule has 0 atom stereocenters. The number of carbonyl (C=O) groups is 2. The van der Waals surface area contributed by atoms with Gasteiger partial charge in [-0.1, -0.05) is 0 Å². The lowest BCUT2D eigenvalue weighted by Crippen LogP contribution is -2.23. The molecule has 0 unspecified atom stereocenters. The molecule has 0 heterocycles. The Bertz CT molecular complexity index is 294. The predicted octanol–water partition coefficient (Wildman–Crippen LogP) is 3.68. The molecule has 0 saturated carbocycles. The van der Waals surface area contributed by atoms with Crippen LogP contribution < -0.4 is 0 Å². The summed E-state index contributed by atoms with van der Waals surface area (Å²) in [5, 5.41) is 0. The highest BCUT2D eigenvalue weighted by Crippen LogP contribution is 2.16. The Morgan fingerprint density at radius 1 is 0.762 bits per heavy atom. The van der Waals surface area contributed by atoms with Crippen LogP contribution in [0.25, 0.3) is 0 Å². The predicted molar refractivity (Wildman–Crippen MR) is 87.4 cm³/mol. The first kappa shape index (κ1) is 20.3. The van der Waals surface area contributed by atoms with Crippen LogP contribution >= 0.6 is 11.8 Å². The lowest BCUT2D eigenvalue weighted by Gasteiger charge is -2.16. The van der Waals surface area contributed by atoms with Crippen molar-refractivity contribution in [1.29, 1.82) is 0 Å².